The van der Waals surface area contributed by atoms with Crippen molar-refractivity contribution in [3.05, 3.63) is 64.5 Å². The zero-order valence-electron chi connectivity index (χ0n) is 11.8. The number of hydrogen-bond donors (Lipinski definition) is 1. The summed E-state index contributed by atoms with van der Waals surface area (Å²) in [5, 5.41) is 4.22. The number of carbonyl (C=O) groups is 1. The van der Waals surface area contributed by atoms with Crippen molar-refractivity contribution in [2.45, 2.75) is 6.92 Å². The van der Waals surface area contributed by atoms with Gasteiger partial charge >= 0.3 is 0 Å². The Bertz CT molecular complexity index is 859. The summed E-state index contributed by atoms with van der Waals surface area (Å²) in [4.78, 5) is 12.8. The minimum atomic E-state index is -0.201. The average molecular weight is 297 g/mol. The van der Waals surface area contributed by atoms with Crippen LogP contribution < -0.4 is 10.2 Å². The molecule has 0 bridgehead atoms. The molecule has 1 N–H and O–H groups in total. The van der Waals surface area contributed by atoms with Crippen LogP contribution in [0.25, 0.3) is 10.2 Å². The Kier molecular flexibility index (Phi) is 3.58. The second kappa shape index (κ2) is 5.54. The van der Waals surface area contributed by atoms with E-state index in [1.807, 2.05) is 54.9 Å². The van der Waals surface area contributed by atoms with Gasteiger partial charge in [-0.2, -0.15) is 0 Å². The molecule has 0 saturated carbocycles. The molecule has 1 amide bonds. The van der Waals surface area contributed by atoms with Gasteiger partial charge in [0.15, 0.2) is 0 Å². The predicted octanol–water partition coefficient (Wildman–Crippen LogP) is 2.79. The summed E-state index contributed by atoms with van der Waals surface area (Å²) in [5.74, 6) is -0.201. The standard InChI is InChI=1S/C16H15N3OS/c1-11-7-9-12(10-8-11)15(20)17-18-16-19(2)13-5-3-4-6-14(13)21-16/h3-10H,1-2H3,(H,17,20)/b18-16+. The van der Waals surface area contributed by atoms with E-state index in [4.69, 9.17) is 0 Å². The second-order valence-electron chi connectivity index (χ2n) is 4.83. The topological polar surface area (TPSA) is 46.4 Å². The van der Waals surface area contributed by atoms with E-state index in [0.29, 0.717) is 5.56 Å². The lowest BCUT2D eigenvalue weighted by Crippen LogP contribution is -2.23. The monoisotopic (exact) mass is 297 g/mol. The summed E-state index contributed by atoms with van der Waals surface area (Å²) in [6.07, 6.45) is 0. The van der Waals surface area contributed by atoms with Gasteiger partial charge in [-0.25, -0.2) is 5.43 Å². The molecule has 0 aliphatic carbocycles. The predicted molar refractivity (Wildman–Crippen MR) is 85.0 cm³/mol. The molecule has 1 heterocycles. The van der Waals surface area contributed by atoms with Gasteiger partial charge in [-0.1, -0.05) is 41.2 Å². The van der Waals surface area contributed by atoms with Gasteiger partial charge in [-0.05, 0) is 31.2 Å². The summed E-state index contributed by atoms with van der Waals surface area (Å²) in [6, 6.07) is 15.5. The molecular weight excluding hydrogens is 282 g/mol. The van der Waals surface area contributed by atoms with Gasteiger partial charge in [0.1, 0.15) is 0 Å². The van der Waals surface area contributed by atoms with E-state index in [-0.39, 0.29) is 5.91 Å². The summed E-state index contributed by atoms with van der Waals surface area (Å²) >= 11 is 1.55. The minimum Gasteiger partial charge on any atom is -0.318 e. The number of rotatable bonds is 2. The molecule has 2 aromatic carbocycles. The van der Waals surface area contributed by atoms with Crippen molar-refractivity contribution in [3.8, 4) is 0 Å². The molecule has 0 spiro atoms. The number of carbonyl (C=O) groups excluding carboxylic acids is 1. The molecule has 106 valence electrons. The Hall–Kier alpha value is -2.40. The van der Waals surface area contributed by atoms with Gasteiger partial charge in [0, 0.05) is 12.6 Å². The second-order valence-corrected chi connectivity index (χ2v) is 5.84. The SMILES string of the molecule is Cc1ccc(C(=O)N/N=c2/sc3ccccc3n2C)cc1. The molecule has 5 heteroatoms. The fourth-order valence-corrected chi connectivity index (χ4v) is 3.04. The van der Waals surface area contributed by atoms with Gasteiger partial charge in [-0.15, -0.1) is 5.10 Å². The lowest BCUT2D eigenvalue weighted by atomic mass is 10.1. The fourth-order valence-electron chi connectivity index (χ4n) is 2.06. The highest BCUT2D eigenvalue weighted by Gasteiger charge is 2.05. The van der Waals surface area contributed by atoms with Crippen LogP contribution in [-0.4, -0.2) is 10.5 Å². The Morgan fingerprint density at radius 2 is 1.86 bits per heavy atom. The Morgan fingerprint density at radius 3 is 2.57 bits per heavy atom. The number of hydrogen-bond acceptors (Lipinski definition) is 3. The number of aromatic nitrogens is 1. The van der Waals surface area contributed by atoms with Crippen LogP contribution in [0.1, 0.15) is 15.9 Å². The van der Waals surface area contributed by atoms with Crippen LogP contribution in [0.3, 0.4) is 0 Å². The van der Waals surface area contributed by atoms with Crippen LogP contribution in [0.4, 0.5) is 0 Å². The Morgan fingerprint density at radius 1 is 1.14 bits per heavy atom. The molecule has 3 rings (SSSR count). The normalized spacial score (nSPS) is 11.8. The summed E-state index contributed by atoms with van der Waals surface area (Å²) in [7, 11) is 1.94. The maximum Gasteiger partial charge on any atom is 0.271 e. The fraction of sp³-hybridized carbons (Fsp3) is 0.125. The number of thiazole rings is 1. The van der Waals surface area contributed by atoms with Crippen molar-refractivity contribution >= 4 is 27.5 Å². The van der Waals surface area contributed by atoms with E-state index in [1.165, 1.54) is 0 Å². The summed E-state index contributed by atoms with van der Waals surface area (Å²) < 4.78 is 3.11. The Labute approximate surface area is 126 Å². The first-order valence-electron chi connectivity index (χ1n) is 6.60. The first-order chi connectivity index (χ1) is 10.1. The molecule has 0 saturated heterocycles. The van der Waals surface area contributed by atoms with Crippen LogP contribution in [0.15, 0.2) is 53.6 Å². The van der Waals surface area contributed by atoms with E-state index >= 15 is 0 Å². The van der Waals surface area contributed by atoms with E-state index < -0.39 is 0 Å². The van der Waals surface area contributed by atoms with Crippen molar-refractivity contribution in [2.75, 3.05) is 0 Å². The number of fused-ring (bicyclic) bond motifs is 1. The maximum atomic E-state index is 12.0. The van der Waals surface area contributed by atoms with Crippen molar-refractivity contribution in [3.63, 3.8) is 0 Å². The molecule has 4 nitrogen and oxygen atoms in total. The van der Waals surface area contributed by atoms with Crippen molar-refractivity contribution in [1.82, 2.24) is 9.99 Å². The van der Waals surface area contributed by atoms with Gasteiger partial charge in [0.2, 0.25) is 4.80 Å². The average Bonchev–Trinajstić information content (AvgIpc) is 2.82. The lowest BCUT2D eigenvalue weighted by molar-refractivity contribution is 0.0953. The first-order valence-corrected chi connectivity index (χ1v) is 7.42. The highest BCUT2D eigenvalue weighted by molar-refractivity contribution is 7.16. The van der Waals surface area contributed by atoms with Crippen LogP contribution in [0.2, 0.25) is 0 Å². The molecule has 0 aliphatic heterocycles. The molecule has 1 aromatic heterocycles. The zero-order valence-corrected chi connectivity index (χ0v) is 12.6. The third-order valence-electron chi connectivity index (χ3n) is 3.28. The number of nitrogens with one attached hydrogen (secondary N) is 1. The molecule has 0 radical (unpaired) electrons. The molecule has 0 unspecified atom stereocenters. The van der Waals surface area contributed by atoms with Gasteiger partial charge in [-0.3, -0.25) is 4.79 Å². The van der Waals surface area contributed by atoms with Crippen molar-refractivity contribution in [2.24, 2.45) is 12.1 Å². The molecule has 21 heavy (non-hydrogen) atoms. The number of nitrogens with zero attached hydrogens (tertiary/aromatic N) is 2. The number of para-hydroxylation sites is 1. The van der Waals surface area contributed by atoms with E-state index in [0.717, 1.165) is 20.6 Å². The Balaban J connectivity index is 1.89. The molecular formula is C16H15N3OS. The van der Waals surface area contributed by atoms with Gasteiger partial charge < -0.3 is 4.57 Å². The summed E-state index contributed by atoms with van der Waals surface area (Å²) in [6.45, 7) is 1.99. The number of benzene rings is 2. The first kappa shape index (κ1) is 13.6. The van der Waals surface area contributed by atoms with E-state index in [2.05, 4.69) is 10.5 Å². The van der Waals surface area contributed by atoms with Crippen LogP contribution in [0, 0.1) is 6.92 Å². The van der Waals surface area contributed by atoms with Crippen molar-refractivity contribution in [1.29, 1.82) is 0 Å². The largest absolute Gasteiger partial charge is 0.318 e. The van der Waals surface area contributed by atoms with Crippen molar-refractivity contribution < 1.29 is 4.79 Å². The lowest BCUT2D eigenvalue weighted by Gasteiger charge is -2.00. The quantitative estimate of drug-likeness (QED) is 0.726. The molecule has 3 aromatic rings. The van der Waals surface area contributed by atoms with Crippen LogP contribution in [-0.2, 0) is 7.05 Å². The zero-order chi connectivity index (χ0) is 14.8. The van der Waals surface area contributed by atoms with E-state index in [1.54, 1.807) is 23.5 Å². The van der Waals surface area contributed by atoms with Gasteiger partial charge in [0.05, 0.1) is 10.2 Å². The number of amides is 1. The number of aryl methyl sites for hydroxylation is 2. The minimum absolute atomic E-state index is 0.201. The third-order valence-corrected chi connectivity index (χ3v) is 4.39. The van der Waals surface area contributed by atoms with Gasteiger partial charge in [0.25, 0.3) is 5.91 Å². The summed E-state index contributed by atoms with van der Waals surface area (Å²) in [5.41, 5.74) is 5.44. The highest BCUT2D eigenvalue weighted by atomic mass is 32.1. The smallest absolute Gasteiger partial charge is 0.271 e. The molecule has 0 atom stereocenters. The van der Waals surface area contributed by atoms with E-state index in [9.17, 15) is 4.79 Å². The van der Waals surface area contributed by atoms with Crippen LogP contribution in [0.5, 0.6) is 0 Å². The molecule has 0 aliphatic rings. The molecule has 0 fully saturated rings. The highest BCUT2D eigenvalue weighted by Crippen LogP contribution is 2.14. The third kappa shape index (κ3) is 2.73. The van der Waals surface area contributed by atoms with Crippen LogP contribution >= 0.6 is 11.3 Å². The maximum absolute atomic E-state index is 12.0.